The van der Waals surface area contributed by atoms with E-state index in [2.05, 4.69) is 4.98 Å². The third-order valence-corrected chi connectivity index (χ3v) is 5.51. The molecule has 1 saturated heterocycles. The second-order valence-electron chi connectivity index (χ2n) is 7.19. The van der Waals surface area contributed by atoms with E-state index in [1.54, 1.807) is 32.4 Å². The maximum atomic E-state index is 12.1. The maximum Gasteiger partial charge on any atom is 0.325 e. The molecule has 1 atom stereocenters. The number of carboxylic acids is 1. The van der Waals surface area contributed by atoms with Crippen LogP contribution in [0.3, 0.4) is 0 Å². The van der Waals surface area contributed by atoms with Crippen LogP contribution in [0.5, 0.6) is 11.5 Å². The van der Waals surface area contributed by atoms with Gasteiger partial charge in [0.15, 0.2) is 23.0 Å². The molecule has 0 bridgehead atoms. The van der Waals surface area contributed by atoms with Crippen LogP contribution in [-0.2, 0) is 4.79 Å². The standard InChI is InChI=1S/C22H24N2O5/c1-27-18-8-7-15(13-19(18)28-2)20(22(25)26)24-11-9-14(10-12-24)21-23-16-5-3-4-6-17(16)29-21/h3-8,13-14,20H,9-12H2,1-2H3,(H,25,26). The summed E-state index contributed by atoms with van der Waals surface area (Å²) in [5, 5.41) is 9.90. The topological polar surface area (TPSA) is 85.0 Å². The lowest BCUT2D eigenvalue weighted by Crippen LogP contribution is -2.39. The summed E-state index contributed by atoms with van der Waals surface area (Å²) in [6, 6.07) is 12.3. The molecule has 1 N–H and O–H groups in total. The van der Waals surface area contributed by atoms with E-state index in [1.165, 1.54) is 0 Å². The molecule has 4 rings (SSSR count). The second-order valence-corrected chi connectivity index (χ2v) is 7.19. The molecule has 2 heterocycles. The lowest BCUT2D eigenvalue weighted by atomic mass is 9.94. The van der Waals surface area contributed by atoms with Gasteiger partial charge in [0, 0.05) is 19.0 Å². The molecule has 2 aromatic carbocycles. The van der Waals surface area contributed by atoms with Crippen molar-refractivity contribution in [3.05, 3.63) is 53.9 Å². The van der Waals surface area contributed by atoms with Crippen LogP contribution in [0.15, 0.2) is 46.9 Å². The first kappa shape index (κ1) is 19.3. The third-order valence-electron chi connectivity index (χ3n) is 5.51. The summed E-state index contributed by atoms with van der Waals surface area (Å²) in [7, 11) is 3.10. The van der Waals surface area contributed by atoms with Crippen molar-refractivity contribution in [1.29, 1.82) is 0 Å². The zero-order chi connectivity index (χ0) is 20.4. The number of hydrogen-bond donors (Lipinski definition) is 1. The summed E-state index contributed by atoms with van der Waals surface area (Å²) < 4.78 is 16.5. The van der Waals surface area contributed by atoms with Crippen LogP contribution in [0.2, 0.25) is 0 Å². The fourth-order valence-electron chi connectivity index (χ4n) is 4.00. The number of carboxylic acid groups (broad SMARTS) is 1. The number of nitrogens with zero attached hydrogens (tertiary/aromatic N) is 2. The maximum absolute atomic E-state index is 12.1. The van der Waals surface area contributed by atoms with E-state index in [0.717, 1.165) is 29.8 Å². The number of hydrogen-bond acceptors (Lipinski definition) is 6. The van der Waals surface area contributed by atoms with Gasteiger partial charge in [-0.05, 0) is 42.7 Å². The Hall–Kier alpha value is -3.06. The van der Waals surface area contributed by atoms with E-state index in [4.69, 9.17) is 13.9 Å². The summed E-state index contributed by atoms with van der Waals surface area (Å²) in [5.41, 5.74) is 2.33. The number of carbonyl (C=O) groups is 1. The first-order valence-corrected chi connectivity index (χ1v) is 9.65. The van der Waals surface area contributed by atoms with Crippen LogP contribution in [0.4, 0.5) is 0 Å². The fourth-order valence-corrected chi connectivity index (χ4v) is 4.00. The van der Waals surface area contributed by atoms with Gasteiger partial charge in [0.05, 0.1) is 14.2 Å². The molecule has 1 aliphatic rings. The number of fused-ring (bicyclic) bond motifs is 1. The van der Waals surface area contributed by atoms with Crippen molar-refractivity contribution in [1.82, 2.24) is 9.88 Å². The van der Waals surface area contributed by atoms with Crippen molar-refractivity contribution in [3.8, 4) is 11.5 Å². The molecule has 1 aliphatic heterocycles. The zero-order valence-corrected chi connectivity index (χ0v) is 16.5. The molecule has 0 spiro atoms. The molecule has 1 unspecified atom stereocenters. The molecule has 29 heavy (non-hydrogen) atoms. The average Bonchev–Trinajstić information content (AvgIpc) is 3.18. The van der Waals surface area contributed by atoms with Gasteiger partial charge in [0.25, 0.3) is 0 Å². The number of rotatable bonds is 6. The number of piperidine rings is 1. The predicted octanol–water partition coefficient (Wildman–Crippen LogP) is 3.85. The number of aromatic nitrogens is 1. The number of likely N-dealkylation sites (tertiary alicyclic amines) is 1. The van der Waals surface area contributed by atoms with E-state index in [9.17, 15) is 9.90 Å². The molecule has 0 saturated carbocycles. The van der Waals surface area contributed by atoms with Gasteiger partial charge >= 0.3 is 5.97 Å². The van der Waals surface area contributed by atoms with E-state index < -0.39 is 12.0 Å². The predicted molar refractivity (Wildman–Crippen MR) is 107 cm³/mol. The van der Waals surface area contributed by atoms with Crippen LogP contribution < -0.4 is 9.47 Å². The van der Waals surface area contributed by atoms with Crippen molar-refractivity contribution in [3.63, 3.8) is 0 Å². The molecule has 1 aromatic heterocycles. The highest BCUT2D eigenvalue weighted by molar-refractivity contribution is 5.76. The van der Waals surface area contributed by atoms with Gasteiger partial charge in [0.2, 0.25) is 0 Å². The van der Waals surface area contributed by atoms with Gasteiger partial charge in [0.1, 0.15) is 11.6 Å². The van der Waals surface area contributed by atoms with Crippen molar-refractivity contribution in [2.75, 3.05) is 27.3 Å². The summed E-state index contributed by atoms with van der Waals surface area (Å²) >= 11 is 0. The number of ether oxygens (including phenoxy) is 2. The Morgan fingerprint density at radius 2 is 1.86 bits per heavy atom. The van der Waals surface area contributed by atoms with Crippen LogP contribution >= 0.6 is 0 Å². The normalized spacial score (nSPS) is 16.6. The lowest BCUT2D eigenvalue weighted by Gasteiger charge is -2.35. The first-order valence-electron chi connectivity index (χ1n) is 9.65. The Bertz CT molecular complexity index is 974. The minimum absolute atomic E-state index is 0.193. The molecule has 0 radical (unpaired) electrons. The number of para-hydroxylation sites is 2. The van der Waals surface area contributed by atoms with Gasteiger partial charge in [-0.3, -0.25) is 9.69 Å². The van der Waals surface area contributed by atoms with Crippen LogP contribution in [0.25, 0.3) is 11.1 Å². The van der Waals surface area contributed by atoms with E-state index in [1.807, 2.05) is 29.2 Å². The van der Waals surface area contributed by atoms with Crippen molar-refractivity contribution >= 4 is 17.1 Å². The van der Waals surface area contributed by atoms with Crippen molar-refractivity contribution in [2.24, 2.45) is 0 Å². The minimum Gasteiger partial charge on any atom is -0.493 e. The molecule has 1 fully saturated rings. The van der Waals surface area contributed by atoms with Gasteiger partial charge in [-0.1, -0.05) is 18.2 Å². The first-order chi connectivity index (χ1) is 14.1. The van der Waals surface area contributed by atoms with Gasteiger partial charge < -0.3 is 19.0 Å². The molecular weight excluding hydrogens is 372 g/mol. The number of benzene rings is 2. The molecule has 0 aliphatic carbocycles. The van der Waals surface area contributed by atoms with E-state index in [-0.39, 0.29) is 5.92 Å². The smallest absolute Gasteiger partial charge is 0.325 e. The van der Waals surface area contributed by atoms with Crippen molar-refractivity contribution < 1.29 is 23.8 Å². The van der Waals surface area contributed by atoms with E-state index in [0.29, 0.717) is 30.2 Å². The van der Waals surface area contributed by atoms with Crippen molar-refractivity contribution in [2.45, 2.75) is 24.8 Å². The fraction of sp³-hybridized carbons (Fsp3) is 0.364. The SMILES string of the molecule is COc1ccc(C(C(=O)O)N2CCC(c3nc4ccccc4o3)CC2)cc1OC. The molecule has 0 amide bonds. The highest BCUT2D eigenvalue weighted by atomic mass is 16.5. The Morgan fingerprint density at radius 3 is 2.52 bits per heavy atom. The highest BCUT2D eigenvalue weighted by Gasteiger charge is 2.33. The lowest BCUT2D eigenvalue weighted by molar-refractivity contribution is -0.144. The van der Waals surface area contributed by atoms with Gasteiger partial charge in [-0.2, -0.15) is 0 Å². The Kier molecular flexibility index (Phi) is 5.40. The number of methoxy groups -OCH3 is 2. The quantitative estimate of drug-likeness (QED) is 0.677. The van der Waals surface area contributed by atoms with Crippen LogP contribution in [-0.4, -0.2) is 48.3 Å². The van der Waals surface area contributed by atoms with Gasteiger partial charge in [-0.15, -0.1) is 0 Å². The minimum atomic E-state index is -0.877. The summed E-state index contributed by atoms with van der Waals surface area (Å²) in [6.45, 7) is 1.30. The zero-order valence-electron chi connectivity index (χ0n) is 16.5. The summed E-state index contributed by atoms with van der Waals surface area (Å²) in [6.07, 6.45) is 1.59. The molecule has 152 valence electrons. The Morgan fingerprint density at radius 1 is 1.14 bits per heavy atom. The number of oxazole rings is 1. The molecule has 3 aromatic rings. The summed E-state index contributed by atoms with van der Waals surface area (Å²) in [5.74, 6) is 1.16. The highest BCUT2D eigenvalue weighted by Crippen LogP contribution is 2.36. The second kappa shape index (κ2) is 8.13. The summed E-state index contributed by atoms with van der Waals surface area (Å²) in [4.78, 5) is 18.7. The molecule has 7 heteroatoms. The van der Waals surface area contributed by atoms with Crippen LogP contribution in [0.1, 0.15) is 36.3 Å². The average molecular weight is 396 g/mol. The van der Waals surface area contributed by atoms with Crippen LogP contribution in [0, 0.1) is 0 Å². The largest absolute Gasteiger partial charge is 0.493 e. The van der Waals surface area contributed by atoms with Gasteiger partial charge in [-0.25, -0.2) is 4.98 Å². The third kappa shape index (κ3) is 3.78. The monoisotopic (exact) mass is 396 g/mol. The molecule has 7 nitrogen and oxygen atoms in total. The number of aliphatic carboxylic acids is 1. The van der Waals surface area contributed by atoms with E-state index >= 15 is 0 Å². The Balaban J connectivity index is 1.51. The Labute approximate surface area is 168 Å². The molecular formula is C22H24N2O5.